The van der Waals surface area contributed by atoms with Gasteiger partial charge in [-0.25, -0.2) is 0 Å². The molecule has 2 rings (SSSR count). The maximum absolute atomic E-state index is 6.28. The van der Waals surface area contributed by atoms with E-state index < -0.39 is 0 Å². The molecule has 118 valence electrons. The summed E-state index contributed by atoms with van der Waals surface area (Å²) in [5, 5.41) is 0. The van der Waals surface area contributed by atoms with Gasteiger partial charge in [-0.2, -0.15) is 0 Å². The van der Waals surface area contributed by atoms with Crippen LogP contribution < -0.4 is 0 Å². The Kier molecular flexibility index (Phi) is 5.92. The Bertz CT molecular complexity index is 274. The molecule has 2 heteroatoms. The minimum absolute atomic E-state index is 0.443. The van der Waals surface area contributed by atoms with Gasteiger partial charge in [0.1, 0.15) is 0 Å². The molecular formula is C18H34O2. The van der Waals surface area contributed by atoms with Crippen LogP contribution in [0.15, 0.2) is 0 Å². The smallest absolute Gasteiger partial charge is 0.0578 e. The summed E-state index contributed by atoms with van der Waals surface area (Å²) in [5.41, 5.74) is 0.443. The number of hydrogen-bond donors (Lipinski definition) is 0. The maximum Gasteiger partial charge on any atom is 0.0578 e. The summed E-state index contributed by atoms with van der Waals surface area (Å²) in [6.45, 7) is 8.13. The summed E-state index contributed by atoms with van der Waals surface area (Å²) < 4.78 is 11.7. The summed E-state index contributed by atoms with van der Waals surface area (Å²) in [4.78, 5) is 0. The lowest BCUT2D eigenvalue weighted by Gasteiger charge is -2.38. The zero-order valence-corrected chi connectivity index (χ0v) is 14.0. The molecule has 2 aliphatic carbocycles. The quantitative estimate of drug-likeness (QED) is 0.736. The van der Waals surface area contributed by atoms with Crippen LogP contribution in [0.1, 0.15) is 72.1 Å². The molecule has 0 aliphatic heterocycles. The molecule has 0 heterocycles. The van der Waals surface area contributed by atoms with Crippen LogP contribution in [-0.2, 0) is 9.47 Å². The first kappa shape index (κ1) is 16.3. The van der Waals surface area contributed by atoms with Crippen LogP contribution in [0.25, 0.3) is 0 Å². The third kappa shape index (κ3) is 4.73. The van der Waals surface area contributed by atoms with Gasteiger partial charge in [-0.1, -0.05) is 27.2 Å². The zero-order valence-electron chi connectivity index (χ0n) is 14.0. The second-order valence-electron chi connectivity index (χ2n) is 8.06. The van der Waals surface area contributed by atoms with E-state index in [2.05, 4.69) is 20.8 Å². The highest BCUT2D eigenvalue weighted by molar-refractivity contribution is 4.82. The van der Waals surface area contributed by atoms with E-state index in [1.165, 1.54) is 51.4 Å². The van der Waals surface area contributed by atoms with Gasteiger partial charge >= 0.3 is 0 Å². The second-order valence-corrected chi connectivity index (χ2v) is 8.06. The van der Waals surface area contributed by atoms with Gasteiger partial charge < -0.3 is 9.47 Å². The van der Waals surface area contributed by atoms with Gasteiger partial charge in [0.2, 0.25) is 0 Å². The second kappa shape index (κ2) is 7.26. The topological polar surface area (TPSA) is 18.5 Å². The van der Waals surface area contributed by atoms with Gasteiger partial charge in [-0.05, 0) is 62.2 Å². The molecule has 0 N–H and O–H groups in total. The van der Waals surface area contributed by atoms with Crippen molar-refractivity contribution in [3.63, 3.8) is 0 Å². The van der Waals surface area contributed by atoms with Gasteiger partial charge in [-0.15, -0.1) is 0 Å². The molecule has 2 unspecified atom stereocenters. The van der Waals surface area contributed by atoms with Crippen molar-refractivity contribution in [1.82, 2.24) is 0 Å². The molecule has 2 nitrogen and oxygen atoms in total. The van der Waals surface area contributed by atoms with E-state index in [4.69, 9.17) is 9.47 Å². The highest BCUT2D eigenvalue weighted by Crippen LogP contribution is 2.39. The van der Waals surface area contributed by atoms with Gasteiger partial charge in [0.25, 0.3) is 0 Å². The van der Waals surface area contributed by atoms with Crippen molar-refractivity contribution in [2.24, 2.45) is 17.3 Å². The summed E-state index contributed by atoms with van der Waals surface area (Å²) in [7, 11) is 1.84. The number of rotatable bonds is 4. The largest absolute Gasteiger partial charge is 0.381 e. The van der Waals surface area contributed by atoms with Crippen molar-refractivity contribution < 1.29 is 9.47 Å². The normalized spacial score (nSPS) is 36.0. The van der Waals surface area contributed by atoms with E-state index >= 15 is 0 Å². The summed E-state index contributed by atoms with van der Waals surface area (Å²) in [5.74, 6) is 1.61. The fourth-order valence-corrected chi connectivity index (χ4v) is 3.89. The Hall–Kier alpha value is -0.0800. The van der Waals surface area contributed by atoms with Gasteiger partial charge in [0, 0.05) is 13.7 Å². The zero-order chi connectivity index (χ0) is 14.6. The molecule has 2 aliphatic rings. The minimum atomic E-state index is 0.443. The Labute approximate surface area is 125 Å². The van der Waals surface area contributed by atoms with Crippen molar-refractivity contribution in [2.45, 2.75) is 84.3 Å². The molecule has 0 saturated heterocycles. The molecule has 2 atom stereocenters. The first-order chi connectivity index (χ1) is 9.49. The van der Waals surface area contributed by atoms with E-state index in [1.54, 1.807) is 0 Å². The van der Waals surface area contributed by atoms with Crippen LogP contribution in [0, 0.1) is 17.3 Å². The standard InChI is InChI=1S/C18H34O2/c1-18(2,3)15-6-5-7-17(12-15)20-13-14-8-10-16(19-4)11-9-14/h14-17H,5-13H2,1-4H3. The Morgan fingerprint density at radius 1 is 0.900 bits per heavy atom. The van der Waals surface area contributed by atoms with Crippen LogP contribution in [0.2, 0.25) is 0 Å². The minimum Gasteiger partial charge on any atom is -0.381 e. The number of ether oxygens (including phenoxy) is 2. The van der Waals surface area contributed by atoms with Gasteiger partial charge in [-0.3, -0.25) is 0 Å². The lowest BCUT2D eigenvalue weighted by molar-refractivity contribution is -0.0349. The highest BCUT2D eigenvalue weighted by Gasteiger charge is 2.31. The third-order valence-electron chi connectivity index (χ3n) is 5.55. The van der Waals surface area contributed by atoms with E-state index in [-0.39, 0.29) is 0 Å². The monoisotopic (exact) mass is 282 g/mol. The average molecular weight is 282 g/mol. The lowest BCUT2D eigenvalue weighted by atomic mass is 9.71. The molecule has 0 aromatic rings. The maximum atomic E-state index is 6.28. The van der Waals surface area contributed by atoms with Crippen LogP contribution in [-0.4, -0.2) is 25.9 Å². The van der Waals surface area contributed by atoms with E-state index in [9.17, 15) is 0 Å². The van der Waals surface area contributed by atoms with Gasteiger partial charge in [0.15, 0.2) is 0 Å². The molecule has 0 bridgehead atoms. The molecule has 0 amide bonds. The van der Waals surface area contributed by atoms with Crippen molar-refractivity contribution >= 4 is 0 Å². The van der Waals surface area contributed by atoms with E-state index in [0.717, 1.165) is 18.4 Å². The van der Waals surface area contributed by atoms with Crippen molar-refractivity contribution in [3.8, 4) is 0 Å². The fraction of sp³-hybridized carbons (Fsp3) is 1.00. The lowest BCUT2D eigenvalue weighted by Crippen LogP contribution is -2.32. The van der Waals surface area contributed by atoms with Crippen molar-refractivity contribution in [3.05, 3.63) is 0 Å². The molecule has 0 aromatic carbocycles. The van der Waals surface area contributed by atoms with Crippen molar-refractivity contribution in [2.75, 3.05) is 13.7 Å². The summed E-state index contributed by atoms with van der Waals surface area (Å²) in [6.07, 6.45) is 11.3. The van der Waals surface area contributed by atoms with Crippen molar-refractivity contribution in [1.29, 1.82) is 0 Å². The Morgan fingerprint density at radius 2 is 1.60 bits per heavy atom. The Balaban J connectivity index is 1.69. The van der Waals surface area contributed by atoms with Crippen LogP contribution in [0.3, 0.4) is 0 Å². The first-order valence-corrected chi connectivity index (χ1v) is 8.63. The third-order valence-corrected chi connectivity index (χ3v) is 5.55. The highest BCUT2D eigenvalue weighted by atomic mass is 16.5. The van der Waals surface area contributed by atoms with Crippen LogP contribution >= 0.6 is 0 Å². The molecule has 0 aromatic heterocycles. The molecule has 2 saturated carbocycles. The van der Waals surface area contributed by atoms with Crippen LogP contribution in [0.4, 0.5) is 0 Å². The predicted octanol–water partition coefficient (Wildman–Crippen LogP) is 4.81. The number of hydrogen-bond acceptors (Lipinski definition) is 2. The molecule has 2 fully saturated rings. The van der Waals surface area contributed by atoms with E-state index in [1.807, 2.05) is 7.11 Å². The molecular weight excluding hydrogens is 248 g/mol. The fourth-order valence-electron chi connectivity index (χ4n) is 3.89. The molecule has 0 spiro atoms. The summed E-state index contributed by atoms with van der Waals surface area (Å²) >= 11 is 0. The van der Waals surface area contributed by atoms with Gasteiger partial charge in [0.05, 0.1) is 12.2 Å². The molecule has 20 heavy (non-hydrogen) atoms. The van der Waals surface area contributed by atoms with Crippen LogP contribution in [0.5, 0.6) is 0 Å². The first-order valence-electron chi connectivity index (χ1n) is 8.63. The molecule has 0 radical (unpaired) electrons. The Morgan fingerprint density at radius 3 is 2.20 bits per heavy atom. The number of methoxy groups -OCH3 is 1. The van der Waals surface area contributed by atoms with E-state index in [0.29, 0.717) is 17.6 Å². The summed E-state index contributed by atoms with van der Waals surface area (Å²) in [6, 6.07) is 0. The SMILES string of the molecule is COC1CCC(COC2CCCC(C(C)(C)C)C2)CC1. The average Bonchev–Trinajstić information content (AvgIpc) is 2.45. The predicted molar refractivity (Wildman–Crippen MR) is 83.9 cm³/mol.